The van der Waals surface area contributed by atoms with Crippen LogP contribution in [0, 0.1) is 0 Å². The van der Waals surface area contributed by atoms with Crippen LogP contribution in [0.4, 0.5) is 0 Å². The van der Waals surface area contributed by atoms with Crippen molar-refractivity contribution < 1.29 is 0 Å². The molecular weight excluding hydrogens is 527 g/mol. The van der Waals surface area contributed by atoms with Gasteiger partial charge in [-0.3, -0.25) is 0 Å². The molecule has 196 valence electrons. The Labute approximate surface area is 247 Å². The molecule has 0 saturated carbocycles. The van der Waals surface area contributed by atoms with Crippen LogP contribution in [0.5, 0.6) is 0 Å². The van der Waals surface area contributed by atoms with E-state index in [4.69, 9.17) is 0 Å². The van der Waals surface area contributed by atoms with Crippen LogP contribution in [-0.4, -0.2) is 4.57 Å². The van der Waals surface area contributed by atoms with E-state index in [1.165, 1.54) is 80.7 Å². The van der Waals surface area contributed by atoms with Crippen molar-refractivity contribution in [2.24, 2.45) is 0 Å². The van der Waals surface area contributed by atoms with Gasteiger partial charge >= 0.3 is 0 Å². The summed E-state index contributed by atoms with van der Waals surface area (Å²) in [5.41, 5.74) is 8.68. The van der Waals surface area contributed by atoms with Gasteiger partial charge in [-0.05, 0) is 69.4 Å². The number of fused-ring (bicyclic) bond motifs is 10. The fourth-order valence-corrected chi connectivity index (χ4v) is 7.93. The van der Waals surface area contributed by atoms with Crippen molar-refractivity contribution >= 4 is 64.1 Å². The summed E-state index contributed by atoms with van der Waals surface area (Å²) in [7, 11) is 0. The summed E-state index contributed by atoms with van der Waals surface area (Å²) in [6, 6.07) is 55.2. The summed E-state index contributed by atoms with van der Waals surface area (Å²) in [5.74, 6) is 0. The molecule has 9 aromatic rings. The highest BCUT2D eigenvalue weighted by molar-refractivity contribution is 7.27. The monoisotopic (exact) mass is 551 g/mol. The molecule has 2 aromatic heterocycles. The minimum Gasteiger partial charge on any atom is -0.308 e. The second kappa shape index (κ2) is 9.17. The van der Waals surface area contributed by atoms with Gasteiger partial charge in [0.25, 0.3) is 0 Å². The Morgan fingerprint density at radius 2 is 0.952 bits per heavy atom. The van der Waals surface area contributed by atoms with Crippen LogP contribution in [-0.2, 0) is 0 Å². The summed E-state index contributed by atoms with van der Waals surface area (Å²) >= 11 is 1.91. The predicted octanol–water partition coefficient (Wildman–Crippen LogP) is 11.6. The molecular formula is C40H25NS. The lowest BCUT2D eigenvalue weighted by molar-refractivity contribution is 1.19. The van der Waals surface area contributed by atoms with Gasteiger partial charge in [-0.25, -0.2) is 0 Å². The molecule has 7 aromatic carbocycles. The number of rotatable bonds is 3. The number of benzene rings is 7. The third-order valence-corrected chi connectivity index (χ3v) is 9.74. The van der Waals surface area contributed by atoms with Gasteiger partial charge in [0.15, 0.2) is 0 Å². The molecule has 0 atom stereocenters. The third kappa shape index (κ3) is 3.43. The number of thiophene rings is 1. The van der Waals surface area contributed by atoms with E-state index in [-0.39, 0.29) is 0 Å². The molecule has 0 fully saturated rings. The van der Waals surface area contributed by atoms with Crippen LogP contribution in [0.2, 0.25) is 0 Å². The molecule has 0 saturated heterocycles. The van der Waals surface area contributed by atoms with Crippen LogP contribution < -0.4 is 0 Å². The topological polar surface area (TPSA) is 4.93 Å². The van der Waals surface area contributed by atoms with Crippen molar-refractivity contribution in [3.05, 3.63) is 152 Å². The first-order chi connectivity index (χ1) is 20.8. The molecule has 9 rings (SSSR count). The molecule has 0 amide bonds. The highest BCUT2D eigenvalue weighted by atomic mass is 32.1. The van der Waals surface area contributed by atoms with Gasteiger partial charge < -0.3 is 4.57 Å². The van der Waals surface area contributed by atoms with E-state index in [2.05, 4.69) is 156 Å². The van der Waals surface area contributed by atoms with E-state index >= 15 is 0 Å². The first kappa shape index (κ1) is 23.5. The molecule has 42 heavy (non-hydrogen) atoms. The smallest absolute Gasteiger partial charge is 0.0726 e. The molecule has 2 heteroatoms. The molecule has 0 radical (unpaired) electrons. The lowest BCUT2D eigenvalue weighted by atomic mass is 9.96. The normalized spacial score (nSPS) is 11.8. The minimum atomic E-state index is 1.18. The number of hydrogen-bond acceptors (Lipinski definition) is 1. The Hall–Kier alpha value is -5.18. The molecule has 0 unspecified atom stereocenters. The standard InChI is InChI=1S/C40H25NS/c1-4-12-26(13-5-1)28-20-22-35-33(24-28)37-31-18-10-11-19-32(31)38-34-25-29(27-14-6-2-7-15-27)21-23-36(34)42-40(38)39(37)41(35)30-16-8-3-9-17-30/h1-25H. The van der Waals surface area contributed by atoms with E-state index in [1.807, 2.05) is 11.3 Å². The van der Waals surface area contributed by atoms with E-state index in [1.54, 1.807) is 0 Å². The first-order valence-electron chi connectivity index (χ1n) is 14.4. The van der Waals surface area contributed by atoms with Crippen molar-refractivity contribution in [3.8, 4) is 27.9 Å². The predicted molar refractivity (Wildman–Crippen MR) is 182 cm³/mol. The Morgan fingerprint density at radius 3 is 1.62 bits per heavy atom. The highest BCUT2D eigenvalue weighted by Crippen LogP contribution is 2.48. The van der Waals surface area contributed by atoms with Gasteiger partial charge in [-0.2, -0.15) is 0 Å². The van der Waals surface area contributed by atoms with Crippen molar-refractivity contribution in [2.45, 2.75) is 0 Å². The fourth-order valence-electron chi connectivity index (χ4n) is 6.70. The van der Waals surface area contributed by atoms with Crippen molar-refractivity contribution in [1.29, 1.82) is 0 Å². The van der Waals surface area contributed by atoms with Crippen molar-refractivity contribution in [3.63, 3.8) is 0 Å². The van der Waals surface area contributed by atoms with Gasteiger partial charge in [0, 0.05) is 31.9 Å². The molecule has 1 nitrogen and oxygen atoms in total. The van der Waals surface area contributed by atoms with Crippen LogP contribution in [0.1, 0.15) is 0 Å². The lowest BCUT2D eigenvalue weighted by Crippen LogP contribution is -1.93. The molecule has 0 N–H and O–H groups in total. The Morgan fingerprint density at radius 1 is 0.405 bits per heavy atom. The lowest BCUT2D eigenvalue weighted by Gasteiger charge is -2.10. The van der Waals surface area contributed by atoms with Gasteiger partial charge in [-0.1, -0.05) is 115 Å². The van der Waals surface area contributed by atoms with E-state index in [0.29, 0.717) is 0 Å². The molecule has 0 aliphatic carbocycles. The Kier molecular flexibility index (Phi) is 5.13. The quantitative estimate of drug-likeness (QED) is 0.206. The number of nitrogens with zero attached hydrogens (tertiary/aromatic N) is 1. The van der Waals surface area contributed by atoms with Crippen molar-refractivity contribution in [2.75, 3.05) is 0 Å². The number of hydrogen-bond donors (Lipinski definition) is 0. The molecule has 2 heterocycles. The molecule has 0 aliphatic rings. The minimum absolute atomic E-state index is 1.18. The van der Waals surface area contributed by atoms with Crippen molar-refractivity contribution in [1.82, 2.24) is 4.57 Å². The summed E-state index contributed by atoms with van der Waals surface area (Å²) < 4.78 is 5.14. The summed E-state index contributed by atoms with van der Waals surface area (Å²) in [4.78, 5) is 0. The average molecular weight is 552 g/mol. The van der Waals surface area contributed by atoms with Crippen LogP contribution in [0.25, 0.3) is 80.7 Å². The maximum atomic E-state index is 2.49. The van der Waals surface area contributed by atoms with Gasteiger partial charge in [-0.15, -0.1) is 11.3 Å². The van der Waals surface area contributed by atoms with Crippen LogP contribution in [0.15, 0.2) is 152 Å². The first-order valence-corrected chi connectivity index (χ1v) is 15.2. The summed E-state index contributed by atoms with van der Waals surface area (Å²) in [5, 5.41) is 7.90. The van der Waals surface area contributed by atoms with Gasteiger partial charge in [0.05, 0.1) is 15.7 Å². The summed E-state index contributed by atoms with van der Waals surface area (Å²) in [6.07, 6.45) is 0. The second-order valence-corrected chi connectivity index (χ2v) is 12.0. The number of para-hydroxylation sites is 1. The SMILES string of the molecule is c1ccc(-c2ccc3sc4c(c3c2)c2ccccc2c2c3cc(-c5ccccc5)ccc3n(-c3ccccc3)c42)cc1. The van der Waals surface area contributed by atoms with Crippen LogP contribution >= 0.6 is 11.3 Å². The second-order valence-electron chi connectivity index (χ2n) is 10.9. The average Bonchev–Trinajstić information content (AvgIpc) is 3.62. The molecule has 0 aliphatic heterocycles. The Balaban J connectivity index is 1.49. The highest BCUT2D eigenvalue weighted by Gasteiger charge is 2.22. The number of aromatic nitrogens is 1. The zero-order valence-electron chi connectivity index (χ0n) is 22.8. The Bertz CT molecular complexity index is 2430. The maximum Gasteiger partial charge on any atom is 0.0726 e. The van der Waals surface area contributed by atoms with Crippen LogP contribution in [0.3, 0.4) is 0 Å². The summed E-state index contributed by atoms with van der Waals surface area (Å²) in [6.45, 7) is 0. The molecule has 0 spiro atoms. The van der Waals surface area contributed by atoms with Gasteiger partial charge in [0.2, 0.25) is 0 Å². The maximum absolute atomic E-state index is 2.49. The van der Waals surface area contributed by atoms with E-state index in [9.17, 15) is 0 Å². The van der Waals surface area contributed by atoms with E-state index in [0.717, 1.165) is 0 Å². The fraction of sp³-hybridized carbons (Fsp3) is 0. The largest absolute Gasteiger partial charge is 0.308 e. The molecule has 0 bridgehead atoms. The zero-order valence-corrected chi connectivity index (χ0v) is 23.6. The zero-order chi connectivity index (χ0) is 27.6. The van der Waals surface area contributed by atoms with Gasteiger partial charge in [0.1, 0.15) is 0 Å². The third-order valence-electron chi connectivity index (χ3n) is 8.56. The van der Waals surface area contributed by atoms with E-state index < -0.39 is 0 Å².